The molecule has 0 rings (SSSR count). The maximum atomic E-state index is 13.1. The van der Waals surface area contributed by atoms with Gasteiger partial charge in [0.2, 0.25) is 0 Å². The van der Waals surface area contributed by atoms with Crippen molar-refractivity contribution in [2.45, 2.75) is 27.7 Å². The number of halogens is 1. The van der Waals surface area contributed by atoms with Gasteiger partial charge in [-0.05, 0) is 31.9 Å². The average Bonchev–Trinajstić information content (AvgIpc) is 2.33. The van der Waals surface area contributed by atoms with Gasteiger partial charge in [-0.2, -0.15) is 0 Å². The minimum Gasteiger partial charge on any atom is -0.379 e. The molecule has 0 spiro atoms. The van der Waals surface area contributed by atoms with Crippen LogP contribution in [0.3, 0.4) is 0 Å². The molecule has 0 aromatic carbocycles. The van der Waals surface area contributed by atoms with Crippen molar-refractivity contribution in [3.63, 3.8) is 0 Å². The summed E-state index contributed by atoms with van der Waals surface area (Å²) in [5.74, 6) is 0.139. The largest absolute Gasteiger partial charge is 0.379 e. The van der Waals surface area contributed by atoms with Crippen LogP contribution in [-0.4, -0.2) is 12.8 Å². The van der Waals surface area contributed by atoms with Gasteiger partial charge in [-0.1, -0.05) is 32.6 Å². The number of rotatable bonds is 7. The normalized spacial score (nSPS) is 14.4. The van der Waals surface area contributed by atoms with E-state index in [4.69, 9.17) is 0 Å². The highest BCUT2D eigenvalue weighted by Crippen LogP contribution is 2.06. The molecule has 2 nitrogen and oxygen atoms in total. The Morgan fingerprint density at radius 2 is 2.06 bits per heavy atom. The molecule has 0 saturated heterocycles. The molecule has 0 radical (unpaired) electrons. The molecule has 0 heterocycles. The van der Waals surface area contributed by atoms with Crippen molar-refractivity contribution >= 4 is 6.21 Å². The average molecular weight is 250 g/mol. The molecule has 0 aliphatic rings. The Labute approximate surface area is 110 Å². The second-order valence-electron chi connectivity index (χ2n) is 4.12. The summed E-state index contributed by atoms with van der Waals surface area (Å²) in [6, 6.07) is 0. The SMILES string of the molecule is C=C/C(=C\C(F)=C/C)NC/C(=C/C(C)C)N=CC. The van der Waals surface area contributed by atoms with E-state index in [1.54, 1.807) is 19.2 Å². The Balaban J connectivity index is 4.69. The third-order valence-corrected chi connectivity index (χ3v) is 2.08. The molecule has 3 heteroatoms. The lowest BCUT2D eigenvalue weighted by molar-refractivity contribution is 0.661. The first-order valence-corrected chi connectivity index (χ1v) is 6.12. The molecule has 0 bridgehead atoms. The van der Waals surface area contributed by atoms with E-state index < -0.39 is 0 Å². The van der Waals surface area contributed by atoms with Crippen molar-refractivity contribution < 1.29 is 4.39 Å². The predicted molar refractivity (Wildman–Crippen MR) is 78.2 cm³/mol. The Hall–Kier alpha value is -1.64. The van der Waals surface area contributed by atoms with Crippen molar-refractivity contribution in [3.05, 3.63) is 48.1 Å². The molecular formula is C15H23FN2. The van der Waals surface area contributed by atoms with E-state index in [1.807, 2.05) is 6.92 Å². The summed E-state index contributed by atoms with van der Waals surface area (Å²) >= 11 is 0. The molecule has 0 aromatic heterocycles. The lowest BCUT2D eigenvalue weighted by Gasteiger charge is -2.08. The van der Waals surface area contributed by atoms with E-state index in [2.05, 4.69) is 36.8 Å². The van der Waals surface area contributed by atoms with Gasteiger partial charge in [-0.15, -0.1) is 0 Å². The van der Waals surface area contributed by atoms with Gasteiger partial charge in [0, 0.05) is 11.9 Å². The molecule has 0 aliphatic heterocycles. The highest BCUT2D eigenvalue weighted by Gasteiger charge is 1.98. The van der Waals surface area contributed by atoms with Gasteiger partial charge in [0.05, 0.1) is 12.2 Å². The molecule has 0 saturated carbocycles. The fraction of sp³-hybridized carbons (Fsp3) is 0.400. The van der Waals surface area contributed by atoms with Crippen LogP contribution in [0.5, 0.6) is 0 Å². The summed E-state index contributed by atoms with van der Waals surface area (Å²) in [4.78, 5) is 4.27. The van der Waals surface area contributed by atoms with E-state index in [-0.39, 0.29) is 5.83 Å². The van der Waals surface area contributed by atoms with E-state index in [0.717, 1.165) is 5.70 Å². The van der Waals surface area contributed by atoms with Crippen LogP contribution < -0.4 is 5.32 Å². The molecule has 1 N–H and O–H groups in total. The third-order valence-electron chi connectivity index (χ3n) is 2.08. The van der Waals surface area contributed by atoms with E-state index >= 15 is 0 Å². The van der Waals surface area contributed by atoms with Gasteiger partial charge in [-0.25, -0.2) is 4.39 Å². The highest BCUT2D eigenvalue weighted by atomic mass is 19.1. The summed E-state index contributed by atoms with van der Waals surface area (Å²) in [6.07, 6.45) is 8.22. The van der Waals surface area contributed by atoms with Gasteiger partial charge in [-0.3, -0.25) is 4.99 Å². The Bertz CT molecular complexity index is 374. The molecule has 0 atom stereocenters. The summed E-state index contributed by atoms with van der Waals surface area (Å²) in [5, 5.41) is 3.11. The van der Waals surface area contributed by atoms with Crippen molar-refractivity contribution in [3.8, 4) is 0 Å². The maximum Gasteiger partial charge on any atom is 0.121 e. The number of nitrogens with zero attached hydrogens (tertiary/aromatic N) is 1. The minimum atomic E-state index is -0.286. The molecular weight excluding hydrogens is 227 g/mol. The van der Waals surface area contributed by atoms with Crippen LogP contribution >= 0.6 is 0 Å². The van der Waals surface area contributed by atoms with Crippen molar-refractivity contribution in [2.24, 2.45) is 10.9 Å². The van der Waals surface area contributed by atoms with Gasteiger partial charge < -0.3 is 5.32 Å². The van der Waals surface area contributed by atoms with Crippen molar-refractivity contribution in [1.29, 1.82) is 0 Å². The van der Waals surface area contributed by atoms with Crippen molar-refractivity contribution in [2.75, 3.05) is 6.54 Å². The molecule has 0 amide bonds. The quantitative estimate of drug-likeness (QED) is 0.532. The van der Waals surface area contributed by atoms with Crippen LogP contribution in [0.2, 0.25) is 0 Å². The van der Waals surface area contributed by atoms with Gasteiger partial charge >= 0.3 is 0 Å². The lowest BCUT2D eigenvalue weighted by Crippen LogP contribution is -2.15. The number of allylic oxidation sites excluding steroid dienone is 5. The first kappa shape index (κ1) is 16.4. The van der Waals surface area contributed by atoms with Crippen LogP contribution in [0.4, 0.5) is 4.39 Å². The van der Waals surface area contributed by atoms with E-state index in [1.165, 1.54) is 12.2 Å². The maximum absolute atomic E-state index is 13.1. The Morgan fingerprint density at radius 3 is 2.50 bits per heavy atom. The minimum absolute atomic E-state index is 0.286. The second-order valence-corrected chi connectivity index (χ2v) is 4.12. The first-order valence-electron chi connectivity index (χ1n) is 6.12. The van der Waals surface area contributed by atoms with Crippen LogP contribution in [0.1, 0.15) is 27.7 Å². The number of nitrogens with one attached hydrogen (secondary N) is 1. The van der Waals surface area contributed by atoms with Crippen LogP contribution in [0.15, 0.2) is 53.1 Å². The number of aliphatic imine (C=N–C) groups is 1. The number of hydrogen-bond acceptors (Lipinski definition) is 2. The van der Waals surface area contributed by atoms with Crippen LogP contribution in [0.25, 0.3) is 0 Å². The highest BCUT2D eigenvalue weighted by molar-refractivity contribution is 5.55. The molecule has 0 aliphatic carbocycles. The number of hydrogen-bond donors (Lipinski definition) is 1. The smallest absolute Gasteiger partial charge is 0.121 e. The van der Waals surface area contributed by atoms with Gasteiger partial charge in [0.1, 0.15) is 5.83 Å². The fourth-order valence-corrected chi connectivity index (χ4v) is 1.30. The molecule has 0 fully saturated rings. The topological polar surface area (TPSA) is 24.4 Å². The summed E-state index contributed by atoms with van der Waals surface area (Å²) in [6.45, 7) is 11.9. The molecule has 100 valence electrons. The first-order chi connectivity index (χ1) is 8.53. The molecule has 18 heavy (non-hydrogen) atoms. The van der Waals surface area contributed by atoms with Crippen molar-refractivity contribution in [1.82, 2.24) is 5.32 Å². The second kappa shape index (κ2) is 9.40. The van der Waals surface area contributed by atoms with Gasteiger partial charge in [0.15, 0.2) is 0 Å². The third kappa shape index (κ3) is 7.60. The Kier molecular flexibility index (Phi) is 8.54. The van der Waals surface area contributed by atoms with Crippen LogP contribution in [0, 0.1) is 5.92 Å². The lowest BCUT2D eigenvalue weighted by atomic mass is 10.2. The predicted octanol–water partition coefficient (Wildman–Crippen LogP) is 4.15. The summed E-state index contributed by atoms with van der Waals surface area (Å²) in [7, 11) is 0. The zero-order valence-corrected chi connectivity index (χ0v) is 11.7. The zero-order valence-electron chi connectivity index (χ0n) is 11.7. The zero-order chi connectivity index (χ0) is 14.0. The molecule has 0 aromatic rings. The standard InChI is InChI=1S/C15H23FN2/c1-6-13(16)10-14(7-2)18-11-15(17-8-3)9-12(4)5/h6-10,12,18H,2,11H2,1,3-5H3/b13-6+,14-10+,15-9-,17-8?. The van der Waals surface area contributed by atoms with E-state index in [9.17, 15) is 4.39 Å². The fourth-order valence-electron chi connectivity index (χ4n) is 1.30. The Morgan fingerprint density at radius 1 is 1.39 bits per heavy atom. The van der Waals surface area contributed by atoms with Crippen LogP contribution in [-0.2, 0) is 0 Å². The van der Waals surface area contributed by atoms with E-state index in [0.29, 0.717) is 18.2 Å². The molecule has 0 unspecified atom stereocenters. The van der Waals surface area contributed by atoms with Gasteiger partial charge in [0.25, 0.3) is 0 Å². The summed E-state index contributed by atoms with van der Waals surface area (Å²) < 4.78 is 13.1. The monoisotopic (exact) mass is 250 g/mol. The summed E-state index contributed by atoms with van der Waals surface area (Å²) in [5.41, 5.74) is 1.58.